The molecule has 5 nitrogen and oxygen atoms in total. The van der Waals surface area contributed by atoms with Crippen LogP contribution in [0.3, 0.4) is 0 Å². The van der Waals surface area contributed by atoms with Gasteiger partial charge in [-0.1, -0.05) is 12.8 Å². The van der Waals surface area contributed by atoms with E-state index in [1.165, 1.54) is 0 Å². The number of hydrogen-bond acceptors (Lipinski definition) is 3. The molecule has 0 saturated carbocycles. The van der Waals surface area contributed by atoms with Crippen LogP contribution in [0.2, 0.25) is 0 Å². The van der Waals surface area contributed by atoms with Crippen LogP contribution in [0.5, 0.6) is 0 Å². The van der Waals surface area contributed by atoms with Crippen LogP contribution >= 0.6 is 0 Å². The standard InChI is InChI=1S/C8H13NO4S/c1-3-7(4-2)9-14(12,13)6-5-8(10)11/h1,7,9H,4-6H2,2H3,(H,10,11). The predicted octanol–water partition coefficient (Wildman–Crippen LogP) is -0.208. The van der Waals surface area contributed by atoms with Gasteiger partial charge in [-0.15, -0.1) is 6.42 Å². The second-order valence-electron chi connectivity index (χ2n) is 2.71. The number of carboxylic acids is 1. The quantitative estimate of drug-likeness (QED) is 0.606. The van der Waals surface area contributed by atoms with Crippen LogP contribution in [0.4, 0.5) is 0 Å². The number of terminal acetylenes is 1. The van der Waals surface area contributed by atoms with Gasteiger partial charge in [0.1, 0.15) is 0 Å². The van der Waals surface area contributed by atoms with E-state index in [1.54, 1.807) is 6.92 Å². The molecule has 6 heteroatoms. The number of rotatable bonds is 6. The third kappa shape index (κ3) is 5.56. The summed E-state index contributed by atoms with van der Waals surface area (Å²) in [5.74, 6) is 0.665. The second-order valence-corrected chi connectivity index (χ2v) is 4.58. The maximum absolute atomic E-state index is 11.2. The van der Waals surface area contributed by atoms with Gasteiger partial charge < -0.3 is 5.11 Å². The first-order valence-electron chi connectivity index (χ1n) is 4.09. The van der Waals surface area contributed by atoms with Gasteiger partial charge in [0.25, 0.3) is 0 Å². The van der Waals surface area contributed by atoms with Crippen molar-refractivity contribution in [1.29, 1.82) is 0 Å². The minimum absolute atomic E-state index is 0.420. The lowest BCUT2D eigenvalue weighted by atomic mass is 10.3. The summed E-state index contributed by atoms with van der Waals surface area (Å²) < 4.78 is 24.6. The van der Waals surface area contributed by atoms with Gasteiger partial charge in [-0.3, -0.25) is 4.79 Å². The summed E-state index contributed by atoms with van der Waals surface area (Å²) in [6.45, 7) is 1.74. The fraction of sp³-hybridized carbons (Fsp3) is 0.625. The van der Waals surface area contributed by atoms with Crippen LogP contribution in [0.25, 0.3) is 0 Å². The average Bonchev–Trinajstić information content (AvgIpc) is 2.11. The van der Waals surface area contributed by atoms with Gasteiger partial charge in [-0.2, -0.15) is 0 Å². The zero-order valence-corrected chi connectivity index (χ0v) is 8.67. The van der Waals surface area contributed by atoms with Crippen LogP contribution in [0, 0.1) is 12.3 Å². The first kappa shape index (κ1) is 12.9. The molecule has 0 saturated heterocycles. The Labute approximate surface area is 83.6 Å². The predicted molar refractivity (Wildman–Crippen MR) is 52.1 cm³/mol. The molecule has 1 atom stereocenters. The number of nitrogens with one attached hydrogen (secondary N) is 1. The van der Waals surface area contributed by atoms with Crippen LogP contribution < -0.4 is 4.72 Å². The zero-order valence-electron chi connectivity index (χ0n) is 7.86. The minimum atomic E-state index is -3.57. The van der Waals surface area contributed by atoms with E-state index in [-0.39, 0.29) is 0 Å². The summed E-state index contributed by atoms with van der Waals surface area (Å²) >= 11 is 0. The lowest BCUT2D eigenvalue weighted by Gasteiger charge is -2.10. The summed E-state index contributed by atoms with van der Waals surface area (Å²) in [6.07, 6.45) is 5.11. The Kier molecular flexibility index (Phi) is 5.20. The van der Waals surface area contributed by atoms with E-state index in [0.717, 1.165) is 0 Å². The Morgan fingerprint density at radius 1 is 1.64 bits per heavy atom. The molecule has 1 unspecified atom stereocenters. The second kappa shape index (κ2) is 5.62. The van der Waals surface area contributed by atoms with E-state index >= 15 is 0 Å². The molecule has 0 aromatic rings. The summed E-state index contributed by atoms with van der Waals surface area (Å²) in [5, 5.41) is 8.29. The Morgan fingerprint density at radius 2 is 2.21 bits per heavy atom. The summed E-state index contributed by atoms with van der Waals surface area (Å²) in [5.41, 5.74) is 0. The summed E-state index contributed by atoms with van der Waals surface area (Å²) in [6, 6.07) is -0.561. The third-order valence-electron chi connectivity index (χ3n) is 1.52. The smallest absolute Gasteiger partial charge is 0.304 e. The van der Waals surface area contributed by atoms with Gasteiger partial charge in [-0.25, -0.2) is 13.1 Å². The number of aliphatic carboxylic acids is 1. The Balaban J connectivity index is 4.22. The number of carboxylic acid groups (broad SMARTS) is 1. The van der Waals surface area contributed by atoms with Crippen molar-refractivity contribution < 1.29 is 18.3 Å². The van der Waals surface area contributed by atoms with E-state index < -0.39 is 34.2 Å². The highest BCUT2D eigenvalue weighted by Gasteiger charge is 2.15. The van der Waals surface area contributed by atoms with E-state index in [9.17, 15) is 13.2 Å². The summed E-state index contributed by atoms with van der Waals surface area (Å²) in [7, 11) is -3.57. The van der Waals surface area contributed by atoms with E-state index in [2.05, 4.69) is 10.6 Å². The molecule has 0 bridgehead atoms. The largest absolute Gasteiger partial charge is 0.481 e. The van der Waals surface area contributed by atoms with Crippen molar-refractivity contribution in [3.8, 4) is 12.3 Å². The highest BCUT2D eigenvalue weighted by molar-refractivity contribution is 7.89. The topological polar surface area (TPSA) is 83.5 Å². The highest BCUT2D eigenvalue weighted by atomic mass is 32.2. The minimum Gasteiger partial charge on any atom is -0.481 e. The number of hydrogen-bond donors (Lipinski definition) is 2. The van der Waals surface area contributed by atoms with Crippen molar-refractivity contribution in [1.82, 2.24) is 4.72 Å². The van der Waals surface area contributed by atoms with Crippen molar-refractivity contribution in [3.05, 3.63) is 0 Å². The maximum Gasteiger partial charge on any atom is 0.304 e. The van der Waals surface area contributed by atoms with Crippen molar-refractivity contribution >= 4 is 16.0 Å². The van der Waals surface area contributed by atoms with E-state index in [1.807, 2.05) is 0 Å². The van der Waals surface area contributed by atoms with Gasteiger partial charge in [0.05, 0.1) is 18.2 Å². The average molecular weight is 219 g/mol. The molecule has 0 spiro atoms. The zero-order chi connectivity index (χ0) is 11.2. The van der Waals surface area contributed by atoms with Crippen molar-refractivity contribution in [2.75, 3.05) is 5.75 Å². The molecule has 0 heterocycles. The molecular formula is C8H13NO4S. The molecule has 0 aromatic heterocycles. The van der Waals surface area contributed by atoms with Crippen molar-refractivity contribution in [2.45, 2.75) is 25.8 Å². The molecule has 0 amide bonds. The molecule has 0 aliphatic heterocycles. The molecule has 0 aliphatic carbocycles. The van der Waals surface area contributed by atoms with Crippen LogP contribution in [0.1, 0.15) is 19.8 Å². The van der Waals surface area contributed by atoms with Crippen LogP contribution in [-0.2, 0) is 14.8 Å². The van der Waals surface area contributed by atoms with Gasteiger partial charge in [0.15, 0.2) is 0 Å². The third-order valence-corrected chi connectivity index (χ3v) is 2.90. The number of carbonyl (C=O) groups is 1. The summed E-state index contributed by atoms with van der Waals surface area (Å²) in [4.78, 5) is 10.1. The molecule has 2 N–H and O–H groups in total. The van der Waals surface area contributed by atoms with E-state index in [0.29, 0.717) is 6.42 Å². The van der Waals surface area contributed by atoms with Crippen molar-refractivity contribution in [2.24, 2.45) is 0 Å². The fourth-order valence-corrected chi connectivity index (χ4v) is 1.96. The van der Waals surface area contributed by atoms with Crippen LogP contribution in [0.15, 0.2) is 0 Å². The molecule has 0 aliphatic rings. The molecule has 0 fully saturated rings. The Hall–Kier alpha value is -1.06. The van der Waals surface area contributed by atoms with Gasteiger partial charge in [-0.05, 0) is 6.42 Å². The Bertz CT molecular complexity index is 328. The first-order valence-corrected chi connectivity index (χ1v) is 5.74. The molecule has 80 valence electrons. The molecule has 0 radical (unpaired) electrons. The van der Waals surface area contributed by atoms with Gasteiger partial charge in [0, 0.05) is 0 Å². The number of sulfonamides is 1. The normalized spacial score (nSPS) is 13.1. The SMILES string of the molecule is C#CC(CC)NS(=O)(=O)CCC(=O)O. The monoisotopic (exact) mass is 219 g/mol. The fourth-order valence-electron chi connectivity index (χ4n) is 0.733. The first-order chi connectivity index (χ1) is 6.41. The van der Waals surface area contributed by atoms with Crippen LogP contribution in [-0.4, -0.2) is 31.3 Å². The van der Waals surface area contributed by atoms with E-state index in [4.69, 9.17) is 11.5 Å². The highest BCUT2D eigenvalue weighted by Crippen LogP contribution is 1.95. The lowest BCUT2D eigenvalue weighted by Crippen LogP contribution is -2.35. The Morgan fingerprint density at radius 3 is 2.57 bits per heavy atom. The maximum atomic E-state index is 11.2. The van der Waals surface area contributed by atoms with Gasteiger partial charge >= 0.3 is 5.97 Å². The molecule has 0 aromatic carbocycles. The molecular weight excluding hydrogens is 206 g/mol. The van der Waals surface area contributed by atoms with Crippen molar-refractivity contribution in [3.63, 3.8) is 0 Å². The van der Waals surface area contributed by atoms with Gasteiger partial charge in [0.2, 0.25) is 10.0 Å². The lowest BCUT2D eigenvalue weighted by molar-refractivity contribution is -0.136. The molecule has 0 rings (SSSR count). The molecule has 14 heavy (non-hydrogen) atoms.